The van der Waals surface area contributed by atoms with Crippen LogP contribution in [0, 0.1) is 0 Å². The number of methoxy groups -OCH3 is 1. The molecule has 0 amide bonds. The van der Waals surface area contributed by atoms with Gasteiger partial charge in [0.05, 0.1) is 18.2 Å². The molecule has 2 N–H and O–H groups in total. The van der Waals surface area contributed by atoms with E-state index < -0.39 is 5.60 Å². The Bertz CT molecular complexity index is 1120. The molecule has 0 saturated carbocycles. The van der Waals surface area contributed by atoms with Crippen molar-refractivity contribution in [2.24, 2.45) is 0 Å². The Balaban J connectivity index is 1.70. The number of β-amino-alcohol motifs (C(OH)–C–C–N with tert-alkyl or cyclic N) is 1. The Hall–Kier alpha value is -2.08. The lowest BCUT2D eigenvalue weighted by atomic mass is 9.56. The molecule has 1 saturated heterocycles. The van der Waals surface area contributed by atoms with Crippen LogP contribution in [-0.2, 0) is 18.3 Å². The smallest absolute Gasteiger partial charge is 0.119 e. The second kappa shape index (κ2) is 7.26. The summed E-state index contributed by atoms with van der Waals surface area (Å²) in [6, 6.07) is 14.6. The van der Waals surface area contributed by atoms with Crippen LogP contribution < -0.4 is 4.74 Å². The zero-order chi connectivity index (χ0) is 20.9. The van der Waals surface area contributed by atoms with Gasteiger partial charge in [-0.05, 0) is 58.2 Å². The molecule has 1 aliphatic carbocycles. The highest BCUT2D eigenvalue weighted by atomic mass is 79.9. The van der Waals surface area contributed by atoms with Crippen molar-refractivity contribution in [3.8, 4) is 5.75 Å². The van der Waals surface area contributed by atoms with Crippen molar-refractivity contribution in [2.75, 3.05) is 26.7 Å². The number of para-hydroxylation sites is 1. The van der Waals surface area contributed by atoms with Crippen molar-refractivity contribution >= 4 is 26.8 Å². The van der Waals surface area contributed by atoms with Gasteiger partial charge >= 0.3 is 0 Å². The number of fused-ring (bicyclic) bond motifs is 4. The number of rotatable bonds is 4. The first kappa shape index (κ1) is 19.9. The molecule has 2 aliphatic rings. The summed E-state index contributed by atoms with van der Waals surface area (Å²) < 4.78 is 6.59. The minimum atomic E-state index is -0.870. The molecule has 2 heterocycles. The molecule has 0 radical (unpaired) electrons. The number of H-pyrrole nitrogens is 1. The second-order valence-electron chi connectivity index (χ2n) is 8.72. The van der Waals surface area contributed by atoms with Gasteiger partial charge in [0.15, 0.2) is 0 Å². The maximum Gasteiger partial charge on any atom is 0.119 e. The lowest BCUT2D eigenvalue weighted by molar-refractivity contribution is -0.100. The summed E-state index contributed by atoms with van der Waals surface area (Å²) in [5.74, 6) is 0.836. The van der Waals surface area contributed by atoms with Gasteiger partial charge in [0, 0.05) is 46.9 Å². The van der Waals surface area contributed by atoms with Crippen molar-refractivity contribution in [3.05, 3.63) is 76.4 Å². The van der Waals surface area contributed by atoms with Crippen molar-refractivity contribution in [2.45, 2.75) is 30.3 Å². The molecule has 3 aromatic rings. The number of ether oxygens (including phenoxy) is 1. The van der Waals surface area contributed by atoms with Crippen LogP contribution in [0.2, 0.25) is 0 Å². The summed E-state index contributed by atoms with van der Waals surface area (Å²) in [6.07, 6.45) is 4.23. The molecule has 1 aromatic heterocycles. The second-order valence-corrected chi connectivity index (χ2v) is 9.57. The molecule has 1 fully saturated rings. The van der Waals surface area contributed by atoms with Crippen molar-refractivity contribution in [1.29, 1.82) is 0 Å². The van der Waals surface area contributed by atoms with E-state index in [0.717, 1.165) is 47.2 Å². The number of piperidine rings is 1. The minimum Gasteiger partial charge on any atom is -0.497 e. The van der Waals surface area contributed by atoms with Gasteiger partial charge in [-0.25, -0.2) is 0 Å². The summed E-state index contributed by atoms with van der Waals surface area (Å²) in [5.41, 5.74) is 3.53. The number of hydrogen-bond acceptors (Lipinski definition) is 3. The van der Waals surface area contributed by atoms with Gasteiger partial charge in [0.2, 0.25) is 0 Å². The van der Waals surface area contributed by atoms with E-state index in [4.69, 9.17) is 4.74 Å². The van der Waals surface area contributed by atoms with Gasteiger partial charge in [-0.3, -0.25) is 4.90 Å². The predicted octanol–water partition coefficient (Wildman–Crippen LogP) is 4.60. The van der Waals surface area contributed by atoms with Crippen LogP contribution in [0.25, 0.3) is 10.9 Å². The third-order valence-electron chi connectivity index (χ3n) is 7.17. The van der Waals surface area contributed by atoms with Crippen LogP contribution in [0.4, 0.5) is 0 Å². The fourth-order valence-corrected chi connectivity index (χ4v) is 6.14. The predicted molar refractivity (Wildman–Crippen MR) is 124 cm³/mol. The molecular weight excluding hydrogens is 440 g/mol. The van der Waals surface area contributed by atoms with Crippen LogP contribution >= 0.6 is 15.9 Å². The van der Waals surface area contributed by atoms with Crippen molar-refractivity contribution in [3.63, 3.8) is 0 Å². The monoisotopic (exact) mass is 466 g/mol. The molecule has 0 spiro atoms. The molecule has 156 valence electrons. The Labute approximate surface area is 185 Å². The number of nitrogens with one attached hydrogen (secondary N) is 1. The first-order valence-electron chi connectivity index (χ1n) is 10.5. The highest BCUT2D eigenvalue weighted by Gasteiger charge is 2.57. The SMILES string of the molecule is C=CCN1CC[C@@]2(c3cccc(OC)c3)Cc3[nH]c4c(Br)cccc4c3C[C@]2(O)C1. The normalized spacial score (nSPS) is 26.2. The van der Waals surface area contributed by atoms with E-state index in [2.05, 4.69) is 62.7 Å². The largest absolute Gasteiger partial charge is 0.497 e. The van der Waals surface area contributed by atoms with Gasteiger partial charge in [-0.15, -0.1) is 6.58 Å². The summed E-state index contributed by atoms with van der Waals surface area (Å²) in [5, 5.41) is 13.5. The highest BCUT2D eigenvalue weighted by molar-refractivity contribution is 9.10. The van der Waals surface area contributed by atoms with Gasteiger partial charge < -0.3 is 14.8 Å². The molecule has 2 aromatic carbocycles. The number of likely N-dealkylation sites (tertiary alicyclic amines) is 1. The Morgan fingerprint density at radius 1 is 1.27 bits per heavy atom. The van der Waals surface area contributed by atoms with Crippen LogP contribution in [0.1, 0.15) is 23.2 Å². The number of aliphatic hydroxyl groups is 1. The fraction of sp³-hybridized carbons (Fsp3) is 0.360. The molecule has 0 unspecified atom stereocenters. The van der Waals surface area contributed by atoms with Crippen molar-refractivity contribution in [1.82, 2.24) is 9.88 Å². The lowest BCUT2D eigenvalue weighted by Crippen LogP contribution is -2.66. The van der Waals surface area contributed by atoms with Crippen molar-refractivity contribution < 1.29 is 9.84 Å². The number of benzene rings is 2. The van der Waals surface area contributed by atoms with Crippen LogP contribution in [0.3, 0.4) is 0 Å². The quantitative estimate of drug-likeness (QED) is 0.552. The number of nitrogens with zero attached hydrogens (tertiary/aromatic N) is 1. The van der Waals surface area contributed by atoms with E-state index >= 15 is 0 Å². The van der Waals surface area contributed by atoms with Gasteiger partial charge in [-0.2, -0.15) is 0 Å². The standard InChI is InChI=1S/C25H27BrN2O2/c1-3-11-28-12-10-24(17-6-4-7-18(13-17)30-2)15-22-20(14-25(24,29)16-28)19-8-5-9-21(26)23(19)27-22/h3-9,13,27,29H,1,10-12,14-16H2,2H3/t24-,25-/m0/s1. The van der Waals surface area contributed by atoms with Crippen LogP contribution in [0.15, 0.2) is 59.6 Å². The third-order valence-corrected chi connectivity index (χ3v) is 7.83. The lowest BCUT2D eigenvalue weighted by Gasteiger charge is -2.56. The molecule has 1 aliphatic heterocycles. The molecule has 4 nitrogen and oxygen atoms in total. The third kappa shape index (κ3) is 2.87. The number of halogens is 1. The zero-order valence-corrected chi connectivity index (χ0v) is 18.8. The van der Waals surface area contributed by atoms with E-state index in [9.17, 15) is 5.11 Å². The molecule has 5 rings (SSSR count). The van der Waals surface area contributed by atoms with E-state index in [0.29, 0.717) is 13.0 Å². The van der Waals surface area contributed by atoms with E-state index in [-0.39, 0.29) is 5.41 Å². The number of hydrogen-bond donors (Lipinski definition) is 2. The van der Waals surface area contributed by atoms with E-state index in [1.807, 2.05) is 18.2 Å². The average molecular weight is 467 g/mol. The summed E-state index contributed by atoms with van der Waals surface area (Å²) in [7, 11) is 1.70. The molecule has 30 heavy (non-hydrogen) atoms. The molecular formula is C25H27BrN2O2. The Morgan fingerprint density at radius 2 is 2.10 bits per heavy atom. The first-order chi connectivity index (χ1) is 14.5. The topological polar surface area (TPSA) is 48.5 Å². The average Bonchev–Trinajstić information content (AvgIpc) is 3.10. The summed E-state index contributed by atoms with van der Waals surface area (Å²) in [6.45, 7) is 6.27. The van der Waals surface area contributed by atoms with E-state index in [1.165, 1.54) is 16.6 Å². The number of aromatic amines is 1. The number of aromatic nitrogens is 1. The van der Waals surface area contributed by atoms with Gasteiger partial charge in [0.25, 0.3) is 0 Å². The van der Waals surface area contributed by atoms with Gasteiger partial charge in [-0.1, -0.05) is 30.3 Å². The molecule has 5 heteroatoms. The molecule has 0 bridgehead atoms. The maximum absolute atomic E-state index is 12.3. The van der Waals surface area contributed by atoms with E-state index in [1.54, 1.807) is 7.11 Å². The fourth-order valence-electron chi connectivity index (χ4n) is 5.67. The molecule has 2 atom stereocenters. The zero-order valence-electron chi connectivity index (χ0n) is 17.2. The van der Waals surface area contributed by atoms with Crippen LogP contribution in [0.5, 0.6) is 5.75 Å². The Kier molecular flexibility index (Phi) is 4.80. The minimum absolute atomic E-state index is 0.362. The summed E-state index contributed by atoms with van der Waals surface area (Å²) in [4.78, 5) is 6.00. The Morgan fingerprint density at radius 3 is 2.90 bits per heavy atom. The summed E-state index contributed by atoms with van der Waals surface area (Å²) >= 11 is 3.69. The van der Waals surface area contributed by atoms with Gasteiger partial charge in [0.1, 0.15) is 5.75 Å². The first-order valence-corrected chi connectivity index (χ1v) is 11.3. The highest BCUT2D eigenvalue weighted by Crippen LogP contribution is 2.52. The van der Waals surface area contributed by atoms with Crippen LogP contribution in [-0.4, -0.2) is 47.3 Å². The maximum atomic E-state index is 12.3.